The van der Waals surface area contributed by atoms with E-state index in [0.29, 0.717) is 24.3 Å². The summed E-state index contributed by atoms with van der Waals surface area (Å²) < 4.78 is 16.0. The number of rotatable bonds is 11. The molecule has 0 saturated carbocycles. The summed E-state index contributed by atoms with van der Waals surface area (Å²) in [5, 5.41) is 11.5. The van der Waals surface area contributed by atoms with Crippen LogP contribution in [0.3, 0.4) is 0 Å². The molecule has 1 amide bonds. The summed E-state index contributed by atoms with van der Waals surface area (Å²) in [5.74, 6) is 0.241. The first-order chi connectivity index (χ1) is 14.1. The highest BCUT2D eigenvalue weighted by molar-refractivity contribution is 7.81. The fourth-order valence-corrected chi connectivity index (χ4v) is 2.63. The van der Waals surface area contributed by atoms with Crippen molar-refractivity contribution in [2.75, 3.05) is 30.9 Å². The van der Waals surface area contributed by atoms with Gasteiger partial charge in [-0.1, -0.05) is 30.3 Å². The molecule has 0 aliphatic carbocycles. The molecule has 29 heavy (non-hydrogen) atoms. The SMILES string of the molecule is O=C(CS)OCCC[C@@H](OC(=O)Nc1ccccc1)c1ccc(OCCO)cc1. The van der Waals surface area contributed by atoms with Crippen molar-refractivity contribution in [2.45, 2.75) is 18.9 Å². The lowest BCUT2D eigenvalue weighted by Gasteiger charge is -2.19. The fraction of sp³-hybridized carbons (Fsp3) is 0.333. The van der Waals surface area contributed by atoms with Gasteiger partial charge in [-0.3, -0.25) is 10.1 Å². The average molecular weight is 419 g/mol. The van der Waals surface area contributed by atoms with Crippen LogP contribution in [0.25, 0.3) is 0 Å². The number of hydrogen-bond acceptors (Lipinski definition) is 7. The summed E-state index contributed by atoms with van der Waals surface area (Å²) in [4.78, 5) is 23.5. The van der Waals surface area contributed by atoms with Crippen LogP contribution in [0.5, 0.6) is 5.75 Å². The van der Waals surface area contributed by atoms with Crippen molar-refractivity contribution in [3.63, 3.8) is 0 Å². The largest absolute Gasteiger partial charge is 0.491 e. The summed E-state index contributed by atoms with van der Waals surface area (Å²) in [6.07, 6.45) is -0.112. The fourth-order valence-electron chi connectivity index (χ4n) is 2.53. The van der Waals surface area contributed by atoms with Crippen LogP contribution in [-0.4, -0.2) is 42.7 Å². The molecule has 0 aliphatic heterocycles. The van der Waals surface area contributed by atoms with Gasteiger partial charge in [0, 0.05) is 5.69 Å². The van der Waals surface area contributed by atoms with E-state index in [-0.39, 0.29) is 25.6 Å². The second kappa shape index (κ2) is 12.7. The van der Waals surface area contributed by atoms with Crippen molar-refractivity contribution in [3.8, 4) is 5.75 Å². The zero-order valence-electron chi connectivity index (χ0n) is 16.0. The highest BCUT2D eigenvalue weighted by Crippen LogP contribution is 2.26. The summed E-state index contributed by atoms with van der Waals surface area (Å²) in [5.41, 5.74) is 1.41. The maximum Gasteiger partial charge on any atom is 0.412 e. The molecule has 0 aromatic heterocycles. The van der Waals surface area contributed by atoms with Crippen LogP contribution in [0.2, 0.25) is 0 Å². The normalized spacial score (nSPS) is 11.4. The summed E-state index contributed by atoms with van der Waals surface area (Å²) in [6.45, 7) is 0.352. The van der Waals surface area contributed by atoms with Gasteiger partial charge in [0.2, 0.25) is 0 Å². The zero-order valence-corrected chi connectivity index (χ0v) is 16.8. The van der Waals surface area contributed by atoms with Crippen LogP contribution >= 0.6 is 12.6 Å². The van der Waals surface area contributed by atoms with E-state index in [9.17, 15) is 9.59 Å². The standard InChI is InChI=1S/C21H25NO6S/c23-12-14-26-18-10-8-16(9-11-18)19(7-4-13-27-20(24)15-29)28-21(25)22-17-5-2-1-3-6-17/h1-3,5-6,8-11,19,23,29H,4,7,12-15H2,(H,22,25)/t19-/m1/s1. The lowest BCUT2D eigenvalue weighted by atomic mass is 10.0. The maximum atomic E-state index is 12.3. The van der Waals surface area contributed by atoms with Crippen molar-refractivity contribution < 1.29 is 28.9 Å². The molecular formula is C21H25NO6S. The highest BCUT2D eigenvalue weighted by Gasteiger charge is 2.17. The number of esters is 1. The molecule has 156 valence electrons. The molecule has 0 fully saturated rings. The molecule has 0 spiro atoms. The third-order valence-corrected chi connectivity index (χ3v) is 4.14. The molecule has 2 N–H and O–H groups in total. The van der Waals surface area contributed by atoms with Crippen LogP contribution < -0.4 is 10.1 Å². The van der Waals surface area contributed by atoms with Gasteiger partial charge in [-0.2, -0.15) is 12.6 Å². The first-order valence-corrected chi connectivity index (χ1v) is 9.88. The highest BCUT2D eigenvalue weighted by atomic mass is 32.1. The smallest absolute Gasteiger partial charge is 0.412 e. The minimum atomic E-state index is -0.575. The Labute approximate surface area is 175 Å². The molecule has 8 heteroatoms. The van der Waals surface area contributed by atoms with Gasteiger partial charge in [0.05, 0.1) is 19.0 Å². The Bertz CT molecular complexity index is 754. The van der Waals surface area contributed by atoms with E-state index in [4.69, 9.17) is 19.3 Å². The van der Waals surface area contributed by atoms with Crippen LogP contribution in [0.4, 0.5) is 10.5 Å². The molecule has 0 unspecified atom stereocenters. The molecule has 1 atom stereocenters. The molecule has 0 heterocycles. The second-order valence-electron chi connectivity index (χ2n) is 6.05. The van der Waals surface area contributed by atoms with E-state index in [0.717, 1.165) is 5.56 Å². The molecule has 0 aliphatic rings. The predicted octanol–water partition coefficient (Wildman–Crippen LogP) is 3.60. The van der Waals surface area contributed by atoms with E-state index in [1.54, 1.807) is 36.4 Å². The number of amides is 1. The Morgan fingerprint density at radius 1 is 1.03 bits per heavy atom. The zero-order chi connectivity index (χ0) is 20.9. The Hall–Kier alpha value is -2.71. The monoisotopic (exact) mass is 419 g/mol. The molecule has 0 radical (unpaired) electrons. The molecule has 2 aromatic carbocycles. The van der Waals surface area contributed by atoms with E-state index in [2.05, 4.69) is 17.9 Å². The first-order valence-electron chi connectivity index (χ1n) is 9.25. The number of benzene rings is 2. The van der Waals surface area contributed by atoms with Crippen molar-refractivity contribution in [1.82, 2.24) is 0 Å². The van der Waals surface area contributed by atoms with Crippen molar-refractivity contribution >= 4 is 30.4 Å². The number of thiol groups is 1. The number of carbonyl (C=O) groups excluding carboxylic acids is 2. The Balaban J connectivity index is 1.99. The van der Waals surface area contributed by atoms with Crippen LogP contribution in [0, 0.1) is 0 Å². The quantitative estimate of drug-likeness (QED) is 0.293. The lowest BCUT2D eigenvalue weighted by molar-refractivity contribution is -0.140. The third kappa shape index (κ3) is 8.45. The van der Waals surface area contributed by atoms with E-state index < -0.39 is 18.2 Å². The Morgan fingerprint density at radius 2 is 1.76 bits per heavy atom. The van der Waals surface area contributed by atoms with Gasteiger partial charge in [-0.25, -0.2) is 4.79 Å². The van der Waals surface area contributed by atoms with Crippen molar-refractivity contribution in [2.24, 2.45) is 0 Å². The van der Waals surface area contributed by atoms with Gasteiger partial charge in [-0.15, -0.1) is 0 Å². The molecule has 2 aromatic rings. The summed E-state index contributed by atoms with van der Waals surface area (Å²) in [6, 6.07) is 16.1. The van der Waals surface area contributed by atoms with Crippen LogP contribution in [-0.2, 0) is 14.3 Å². The number of anilines is 1. The number of nitrogens with one attached hydrogen (secondary N) is 1. The average Bonchev–Trinajstić information content (AvgIpc) is 2.75. The number of carbonyl (C=O) groups is 2. The molecular weight excluding hydrogens is 394 g/mol. The van der Waals surface area contributed by atoms with E-state index in [1.165, 1.54) is 0 Å². The molecule has 0 bridgehead atoms. The van der Waals surface area contributed by atoms with Gasteiger partial charge < -0.3 is 19.3 Å². The second-order valence-corrected chi connectivity index (χ2v) is 6.36. The maximum absolute atomic E-state index is 12.3. The molecule has 7 nitrogen and oxygen atoms in total. The number of aliphatic hydroxyl groups excluding tert-OH is 1. The van der Waals surface area contributed by atoms with Crippen molar-refractivity contribution in [1.29, 1.82) is 0 Å². The van der Waals surface area contributed by atoms with E-state index in [1.807, 2.05) is 18.2 Å². The van der Waals surface area contributed by atoms with Gasteiger partial charge in [0.1, 0.15) is 18.5 Å². The van der Waals surface area contributed by atoms with Gasteiger partial charge >= 0.3 is 12.1 Å². The van der Waals surface area contributed by atoms with Crippen LogP contribution in [0.1, 0.15) is 24.5 Å². The first kappa shape index (κ1) is 22.6. The number of ether oxygens (including phenoxy) is 3. The number of para-hydroxylation sites is 1. The van der Waals surface area contributed by atoms with Gasteiger partial charge in [0.15, 0.2) is 0 Å². The van der Waals surface area contributed by atoms with Gasteiger partial charge in [-0.05, 0) is 42.7 Å². The predicted molar refractivity (Wildman–Crippen MR) is 112 cm³/mol. The summed E-state index contributed by atoms with van der Waals surface area (Å²) >= 11 is 3.86. The Kier molecular flexibility index (Phi) is 9.88. The number of aliphatic hydroxyl groups is 1. The lowest BCUT2D eigenvalue weighted by Crippen LogP contribution is -2.18. The van der Waals surface area contributed by atoms with E-state index >= 15 is 0 Å². The van der Waals surface area contributed by atoms with Gasteiger partial charge in [0.25, 0.3) is 0 Å². The summed E-state index contributed by atoms with van der Waals surface area (Å²) in [7, 11) is 0. The minimum Gasteiger partial charge on any atom is -0.491 e. The topological polar surface area (TPSA) is 94.1 Å². The molecule has 0 saturated heterocycles. The van der Waals surface area contributed by atoms with Crippen molar-refractivity contribution in [3.05, 3.63) is 60.2 Å². The Morgan fingerprint density at radius 3 is 2.41 bits per heavy atom. The minimum absolute atomic E-state index is 0.0225. The molecule has 2 rings (SSSR count). The third-order valence-electron chi connectivity index (χ3n) is 3.88. The number of hydrogen-bond donors (Lipinski definition) is 3. The van der Waals surface area contributed by atoms with Crippen LogP contribution in [0.15, 0.2) is 54.6 Å².